The van der Waals surface area contributed by atoms with Gasteiger partial charge in [0.05, 0.1) is 6.54 Å². The smallest absolute Gasteiger partial charge is 0.405 e. The lowest BCUT2D eigenvalue weighted by Crippen LogP contribution is -2.39. The van der Waals surface area contributed by atoms with Crippen LogP contribution in [0.15, 0.2) is 46.8 Å². The van der Waals surface area contributed by atoms with Crippen molar-refractivity contribution in [3.8, 4) is 5.75 Å². The number of nitrogens with zero attached hydrogens (tertiary/aromatic N) is 1. The Morgan fingerprint density at radius 2 is 2.08 bits per heavy atom. The molecule has 3 rings (SSSR count). The first kappa shape index (κ1) is 18.6. The van der Waals surface area contributed by atoms with Crippen LogP contribution in [0.4, 0.5) is 13.2 Å². The summed E-state index contributed by atoms with van der Waals surface area (Å²) in [5.74, 6) is 0.511. The number of halogens is 3. The quantitative estimate of drug-likeness (QED) is 0.579. The van der Waals surface area contributed by atoms with Gasteiger partial charge in [0.1, 0.15) is 5.75 Å². The molecular formula is C18H20F3N3OS. The van der Waals surface area contributed by atoms with Crippen LogP contribution in [0.5, 0.6) is 5.75 Å². The highest BCUT2D eigenvalue weighted by atomic mass is 32.1. The van der Waals surface area contributed by atoms with E-state index in [0.717, 1.165) is 11.3 Å². The summed E-state index contributed by atoms with van der Waals surface area (Å²) in [6, 6.07) is 10.3. The zero-order valence-electron chi connectivity index (χ0n) is 14.2. The van der Waals surface area contributed by atoms with E-state index in [9.17, 15) is 13.2 Å². The van der Waals surface area contributed by atoms with Gasteiger partial charge in [-0.1, -0.05) is 24.3 Å². The van der Waals surface area contributed by atoms with E-state index in [4.69, 9.17) is 0 Å². The molecule has 1 aliphatic rings. The van der Waals surface area contributed by atoms with E-state index in [-0.39, 0.29) is 17.7 Å². The average molecular weight is 383 g/mol. The first-order valence-corrected chi connectivity index (χ1v) is 9.26. The number of thiophene rings is 1. The van der Waals surface area contributed by atoms with Crippen molar-refractivity contribution in [3.05, 3.63) is 52.2 Å². The number of ether oxygens (including phenoxy) is 1. The van der Waals surface area contributed by atoms with Gasteiger partial charge in [0, 0.05) is 23.4 Å². The molecule has 0 spiro atoms. The molecular weight excluding hydrogens is 363 g/mol. The summed E-state index contributed by atoms with van der Waals surface area (Å²) in [4.78, 5) is 5.69. The molecule has 0 bridgehead atoms. The number of guanidine groups is 1. The minimum absolute atomic E-state index is 0.0286. The van der Waals surface area contributed by atoms with Gasteiger partial charge in [-0.2, -0.15) is 0 Å². The van der Waals surface area contributed by atoms with E-state index in [1.807, 2.05) is 24.4 Å². The van der Waals surface area contributed by atoms with Gasteiger partial charge in [0.15, 0.2) is 5.96 Å². The van der Waals surface area contributed by atoms with Crippen molar-refractivity contribution in [2.45, 2.75) is 38.2 Å². The molecule has 0 saturated heterocycles. The van der Waals surface area contributed by atoms with Crippen LogP contribution in [0.2, 0.25) is 0 Å². The third-order valence-electron chi connectivity index (χ3n) is 3.97. The van der Waals surface area contributed by atoms with Gasteiger partial charge < -0.3 is 15.4 Å². The maximum Gasteiger partial charge on any atom is 0.573 e. The average Bonchev–Trinajstić information content (AvgIpc) is 3.13. The van der Waals surface area contributed by atoms with Crippen LogP contribution in [0.3, 0.4) is 0 Å². The lowest BCUT2D eigenvalue weighted by Gasteiger charge is -2.14. The van der Waals surface area contributed by atoms with Crippen molar-refractivity contribution in [1.82, 2.24) is 10.6 Å². The summed E-state index contributed by atoms with van der Waals surface area (Å²) in [6.45, 7) is 3.25. The molecule has 1 heterocycles. The van der Waals surface area contributed by atoms with Crippen LogP contribution >= 0.6 is 11.3 Å². The third-order valence-corrected chi connectivity index (χ3v) is 4.84. The zero-order valence-corrected chi connectivity index (χ0v) is 15.0. The Morgan fingerprint density at radius 3 is 2.77 bits per heavy atom. The molecule has 2 aromatic rings. The second kappa shape index (κ2) is 7.99. The van der Waals surface area contributed by atoms with Gasteiger partial charge in [0.2, 0.25) is 0 Å². The van der Waals surface area contributed by atoms with Crippen LogP contribution in [0.25, 0.3) is 0 Å². The molecule has 1 fully saturated rings. The van der Waals surface area contributed by atoms with Crippen molar-refractivity contribution in [1.29, 1.82) is 0 Å². The standard InChI is InChI=1S/C18H20F3N3OS/c1-2-22-17(23-11-12-6-5-9-26-12)24-15-10-14(15)13-7-3-4-8-16(13)25-18(19,20)21/h3-9,14-15H,2,10-11H2,1H3,(H2,22,23,24). The number of hydrogen-bond acceptors (Lipinski definition) is 3. The molecule has 4 nitrogen and oxygen atoms in total. The van der Waals surface area contributed by atoms with E-state index >= 15 is 0 Å². The summed E-state index contributed by atoms with van der Waals surface area (Å²) >= 11 is 1.64. The Labute approximate surface area is 154 Å². The van der Waals surface area contributed by atoms with Crippen LogP contribution in [0.1, 0.15) is 29.7 Å². The highest BCUT2D eigenvalue weighted by molar-refractivity contribution is 7.09. The summed E-state index contributed by atoms with van der Waals surface area (Å²) in [7, 11) is 0. The molecule has 2 unspecified atom stereocenters. The minimum Gasteiger partial charge on any atom is -0.405 e. The lowest BCUT2D eigenvalue weighted by atomic mass is 10.1. The molecule has 1 aliphatic carbocycles. The maximum atomic E-state index is 12.6. The number of alkyl halides is 3. The predicted octanol–water partition coefficient (Wildman–Crippen LogP) is 4.26. The van der Waals surface area contributed by atoms with E-state index in [2.05, 4.69) is 20.4 Å². The van der Waals surface area contributed by atoms with E-state index < -0.39 is 6.36 Å². The first-order chi connectivity index (χ1) is 12.5. The van der Waals surface area contributed by atoms with Gasteiger partial charge in [-0.3, -0.25) is 0 Å². The summed E-state index contributed by atoms with van der Waals surface area (Å²) in [5.41, 5.74) is 0.566. The number of hydrogen-bond donors (Lipinski definition) is 2. The van der Waals surface area contributed by atoms with Crippen LogP contribution in [0, 0.1) is 0 Å². The number of aliphatic imine (C=N–C) groups is 1. The molecule has 2 atom stereocenters. The summed E-state index contributed by atoms with van der Waals surface area (Å²) in [6.07, 6.45) is -3.95. The molecule has 0 radical (unpaired) electrons. The van der Waals surface area contributed by atoms with E-state index in [0.29, 0.717) is 24.6 Å². The Kier molecular flexibility index (Phi) is 5.70. The fraction of sp³-hybridized carbons (Fsp3) is 0.389. The van der Waals surface area contributed by atoms with Gasteiger partial charge in [-0.15, -0.1) is 24.5 Å². The molecule has 1 saturated carbocycles. The number of benzene rings is 1. The molecule has 1 aromatic heterocycles. The fourth-order valence-electron chi connectivity index (χ4n) is 2.76. The van der Waals surface area contributed by atoms with Crippen LogP contribution < -0.4 is 15.4 Å². The molecule has 26 heavy (non-hydrogen) atoms. The fourth-order valence-corrected chi connectivity index (χ4v) is 3.39. The molecule has 0 amide bonds. The Balaban J connectivity index is 1.65. The summed E-state index contributed by atoms with van der Waals surface area (Å²) < 4.78 is 41.9. The number of rotatable bonds is 6. The third kappa shape index (κ3) is 5.14. The van der Waals surface area contributed by atoms with E-state index in [1.165, 1.54) is 6.07 Å². The molecule has 2 N–H and O–H groups in total. The van der Waals surface area contributed by atoms with Crippen LogP contribution in [-0.2, 0) is 6.54 Å². The molecule has 8 heteroatoms. The van der Waals surface area contributed by atoms with Crippen molar-refractivity contribution in [2.24, 2.45) is 4.99 Å². The SMILES string of the molecule is CCNC(=NCc1cccs1)NC1CC1c1ccccc1OC(F)(F)F. The molecule has 1 aromatic carbocycles. The van der Waals surface area contributed by atoms with Gasteiger partial charge in [-0.25, -0.2) is 4.99 Å². The van der Waals surface area contributed by atoms with Crippen LogP contribution in [-0.4, -0.2) is 24.9 Å². The van der Waals surface area contributed by atoms with Crippen molar-refractivity contribution in [3.63, 3.8) is 0 Å². The number of para-hydroxylation sites is 1. The van der Waals surface area contributed by atoms with E-state index in [1.54, 1.807) is 29.5 Å². The van der Waals surface area contributed by atoms with Gasteiger partial charge in [-0.05, 0) is 36.4 Å². The maximum absolute atomic E-state index is 12.6. The topological polar surface area (TPSA) is 45.7 Å². The monoisotopic (exact) mass is 383 g/mol. The van der Waals surface area contributed by atoms with Crippen molar-refractivity contribution >= 4 is 17.3 Å². The highest BCUT2D eigenvalue weighted by Gasteiger charge is 2.42. The Morgan fingerprint density at radius 1 is 1.27 bits per heavy atom. The number of nitrogens with one attached hydrogen (secondary N) is 2. The first-order valence-electron chi connectivity index (χ1n) is 8.38. The minimum atomic E-state index is -4.69. The molecule has 0 aliphatic heterocycles. The Bertz CT molecular complexity index is 746. The zero-order chi connectivity index (χ0) is 18.6. The highest BCUT2D eigenvalue weighted by Crippen LogP contribution is 2.45. The predicted molar refractivity (Wildman–Crippen MR) is 96.5 cm³/mol. The normalized spacial score (nSPS) is 19.9. The van der Waals surface area contributed by atoms with Gasteiger partial charge >= 0.3 is 6.36 Å². The second-order valence-electron chi connectivity index (χ2n) is 5.95. The second-order valence-corrected chi connectivity index (χ2v) is 6.99. The molecule has 140 valence electrons. The van der Waals surface area contributed by atoms with Crippen molar-refractivity contribution < 1.29 is 17.9 Å². The Hall–Kier alpha value is -2.22. The lowest BCUT2D eigenvalue weighted by molar-refractivity contribution is -0.274. The largest absolute Gasteiger partial charge is 0.573 e. The van der Waals surface area contributed by atoms with Gasteiger partial charge in [0.25, 0.3) is 0 Å². The summed E-state index contributed by atoms with van der Waals surface area (Å²) in [5, 5.41) is 8.47. The van der Waals surface area contributed by atoms with Crippen molar-refractivity contribution in [2.75, 3.05) is 6.54 Å².